The molecule has 3 N–H and O–H groups in total. The zero-order chi connectivity index (χ0) is 13.8. The fourth-order valence-corrected chi connectivity index (χ4v) is 2.38. The standard InChI is InChI=1S/C13H15BrN2O3/c1-17-8-3-4-9(11(7-8)18-2)12(16-15)10-5-6-19-13(10)14/h3-7,12,16H,15H2,1-2H3. The van der Waals surface area contributed by atoms with Crippen LogP contribution in [0.1, 0.15) is 17.2 Å². The number of halogens is 1. The third kappa shape index (κ3) is 2.75. The van der Waals surface area contributed by atoms with E-state index in [1.165, 1.54) is 0 Å². The van der Waals surface area contributed by atoms with Crippen LogP contribution in [0.3, 0.4) is 0 Å². The minimum absolute atomic E-state index is 0.242. The highest BCUT2D eigenvalue weighted by Crippen LogP contribution is 2.35. The first-order valence-corrected chi connectivity index (χ1v) is 6.41. The van der Waals surface area contributed by atoms with Crippen LogP contribution in [0.5, 0.6) is 11.5 Å². The topological polar surface area (TPSA) is 69.7 Å². The van der Waals surface area contributed by atoms with Gasteiger partial charge in [-0.05, 0) is 34.1 Å². The molecule has 0 saturated carbocycles. The molecule has 1 aromatic heterocycles. The van der Waals surface area contributed by atoms with Gasteiger partial charge in [0.05, 0.1) is 26.5 Å². The van der Waals surface area contributed by atoms with Crippen LogP contribution in [-0.4, -0.2) is 14.2 Å². The molecule has 1 heterocycles. The Hall–Kier alpha value is -1.50. The zero-order valence-electron chi connectivity index (χ0n) is 10.6. The highest BCUT2D eigenvalue weighted by molar-refractivity contribution is 9.10. The second-order valence-corrected chi connectivity index (χ2v) is 4.58. The molecule has 5 nitrogen and oxygen atoms in total. The van der Waals surface area contributed by atoms with Gasteiger partial charge in [-0.25, -0.2) is 5.43 Å². The van der Waals surface area contributed by atoms with Crippen molar-refractivity contribution in [3.8, 4) is 11.5 Å². The maximum absolute atomic E-state index is 5.66. The van der Waals surface area contributed by atoms with Crippen molar-refractivity contribution < 1.29 is 13.9 Å². The molecule has 0 aliphatic rings. The van der Waals surface area contributed by atoms with E-state index in [4.69, 9.17) is 19.7 Å². The molecule has 0 saturated heterocycles. The van der Waals surface area contributed by atoms with Gasteiger partial charge >= 0.3 is 0 Å². The number of hydrogen-bond donors (Lipinski definition) is 2. The van der Waals surface area contributed by atoms with Crippen molar-refractivity contribution in [3.63, 3.8) is 0 Å². The average Bonchev–Trinajstić information content (AvgIpc) is 2.86. The Kier molecular flexibility index (Phi) is 4.47. The van der Waals surface area contributed by atoms with Crippen molar-refractivity contribution >= 4 is 15.9 Å². The number of hydrazine groups is 1. The Morgan fingerprint density at radius 1 is 1.21 bits per heavy atom. The number of furan rings is 1. The van der Waals surface area contributed by atoms with Crippen molar-refractivity contribution in [1.29, 1.82) is 0 Å². The smallest absolute Gasteiger partial charge is 0.174 e. The molecule has 0 bridgehead atoms. The van der Waals surface area contributed by atoms with Gasteiger partial charge in [-0.2, -0.15) is 0 Å². The first-order chi connectivity index (χ1) is 9.21. The lowest BCUT2D eigenvalue weighted by Gasteiger charge is -2.19. The number of nitrogens with one attached hydrogen (secondary N) is 1. The Labute approximate surface area is 119 Å². The Balaban J connectivity index is 2.46. The van der Waals surface area contributed by atoms with Crippen LogP contribution in [0.2, 0.25) is 0 Å². The summed E-state index contributed by atoms with van der Waals surface area (Å²) in [4.78, 5) is 0. The predicted octanol–water partition coefficient (Wildman–Crippen LogP) is 2.61. The van der Waals surface area contributed by atoms with E-state index in [0.29, 0.717) is 10.4 Å². The maximum atomic E-state index is 5.66. The number of rotatable bonds is 5. The largest absolute Gasteiger partial charge is 0.497 e. The normalized spacial score (nSPS) is 12.2. The van der Waals surface area contributed by atoms with Gasteiger partial charge in [-0.1, -0.05) is 0 Å². The van der Waals surface area contributed by atoms with E-state index in [1.807, 2.05) is 24.3 Å². The quantitative estimate of drug-likeness (QED) is 0.653. The summed E-state index contributed by atoms with van der Waals surface area (Å²) in [5.41, 5.74) is 4.55. The van der Waals surface area contributed by atoms with Crippen LogP contribution in [0, 0.1) is 0 Å². The van der Waals surface area contributed by atoms with Gasteiger partial charge in [0.2, 0.25) is 0 Å². The number of nitrogens with two attached hydrogens (primary N) is 1. The van der Waals surface area contributed by atoms with Crippen LogP contribution in [-0.2, 0) is 0 Å². The number of methoxy groups -OCH3 is 2. The van der Waals surface area contributed by atoms with Crippen molar-refractivity contribution in [2.75, 3.05) is 14.2 Å². The van der Waals surface area contributed by atoms with Crippen molar-refractivity contribution in [1.82, 2.24) is 5.43 Å². The fraction of sp³-hybridized carbons (Fsp3) is 0.231. The molecule has 0 fully saturated rings. The minimum Gasteiger partial charge on any atom is -0.497 e. The summed E-state index contributed by atoms with van der Waals surface area (Å²) in [5.74, 6) is 7.07. The van der Waals surface area contributed by atoms with E-state index in [0.717, 1.165) is 16.9 Å². The lowest BCUT2D eigenvalue weighted by atomic mass is 10.0. The number of benzene rings is 1. The predicted molar refractivity (Wildman–Crippen MR) is 75.1 cm³/mol. The fourth-order valence-electron chi connectivity index (χ4n) is 1.91. The highest BCUT2D eigenvalue weighted by Gasteiger charge is 2.21. The van der Waals surface area contributed by atoms with Gasteiger partial charge in [-0.3, -0.25) is 5.84 Å². The molecule has 0 radical (unpaired) electrons. The van der Waals surface area contributed by atoms with E-state index < -0.39 is 0 Å². The molecule has 6 heteroatoms. The third-order valence-corrected chi connectivity index (χ3v) is 3.52. The van der Waals surface area contributed by atoms with Crippen LogP contribution >= 0.6 is 15.9 Å². The summed E-state index contributed by atoms with van der Waals surface area (Å²) in [6.45, 7) is 0. The zero-order valence-corrected chi connectivity index (χ0v) is 12.2. The Morgan fingerprint density at radius 3 is 2.53 bits per heavy atom. The molecule has 0 amide bonds. The summed E-state index contributed by atoms with van der Waals surface area (Å²) < 4.78 is 16.4. The lowest BCUT2D eigenvalue weighted by Crippen LogP contribution is -2.29. The summed E-state index contributed by atoms with van der Waals surface area (Å²) in [7, 11) is 3.22. The molecule has 19 heavy (non-hydrogen) atoms. The van der Waals surface area contributed by atoms with Gasteiger partial charge in [0.15, 0.2) is 4.67 Å². The third-order valence-electron chi connectivity index (χ3n) is 2.88. The van der Waals surface area contributed by atoms with E-state index in [1.54, 1.807) is 20.5 Å². The number of hydrogen-bond acceptors (Lipinski definition) is 5. The van der Waals surface area contributed by atoms with Crippen molar-refractivity contribution in [2.45, 2.75) is 6.04 Å². The monoisotopic (exact) mass is 326 g/mol. The lowest BCUT2D eigenvalue weighted by molar-refractivity contribution is 0.387. The van der Waals surface area contributed by atoms with Gasteiger partial charge < -0.3 is 13.9 Å². The van der Waals surface area contributed by atoms with E-state index in [-0.39, 0.29) is 6.04 Å². The first-order valence-electron chi connectivity index (χ1n) is 5.62. The van der Waals surface area contributed by atoms with E-state index >= 15 is 0 Å². The summed E-state index contributed by atoms with van der Waals surface area (Å²) in [6, 6.07) is 7.18. The molecule has 102 valence electrons. The van der Waals surface area contributed by atoms with Crippen molar-refractivity contribution in [3.05, 3.63) is 46.3 Å². The average molecular weight is 327 g/mol. The molecule has 2 rings (SSSR count). The van der Waals surface area contributed by atoms with Crippen molar-refractivity contribution in [2.24, 2.45) is 5.84 Å². The second-order valence-electron chi connectivity index (χ2n) is 3.86. The summed E-state index contributed by atoms with van der Waals surface area (Å²) in [5, 5.41) is 0. The van der Waals surface area contributed by atoms with Gasteiger partial charge in [0.1, 0.15) is 11.5 Å². The molecular weight excluding hydrogens is 312 g/mol. The molecule has 1 unspecified atom stereocenters. The summed E-state index contributed by atoms with van der Waals surface area (Å²) >= 11 is 3.35. The molecular formula is C13H15BrN2O3. The Bertz CT molecular complexity index is 557. The minimum atomic E-state index is -0.242. The molecule has 1 atom stereocenters. The van der Waals surface area contributed by atoms with E-state index in [2.05, 4.69) is 21.4 Å². The molecule has 0 spiro atoms. The van der Waals surface area contributed by atoms with Crippen LogP contribution < -0.4 is 20.7 Å². The highest BCUT2D eigenvalue weighted by atomic mass is 79.9. The van der Waals surface area contributed by atoms with Gasteiger partial charge in [0, 0.05) is 17.2 Å². The van der Waals surface area contributed by atoms with E-state index in [9.17, 15) is 0 Å². The summed E-state index contributed by atoms with van der Waals surface area (Å²) in [6.07, 6.45) is 1.60. The van der Waals surface area contributed by atoms with Crippen LogP contribution in [0.15, 0.2) is 39.6 Å². The van der Waals surface area contributed by atoms with Crippen LogP contribution in [0.4, 0.5) is 0 Å². The number of ether oxygens (including phenoxy) is 2. The first kappa shape index (κ1) is 13.9. The van der Waals surface area contributed by atoms with Gasteiger partial charge in [-0.15, -0.1) is 0 Å². The molecule has 2 aromatic rings. The molecule has 0 aliphatic carbocycles. The van der Waals surface area contributed by atoms with Crippen LogP contribution in [0.25, 0.3) is 0 Å². The molecule has 0 aliphatic heterocycles. The SMILES string of the molecule is COc1ccc(C(NN)c2ccoc2Br)c(OC)c1. The maximum Gasteiger partial charge on any atom is 0.174 e. The van der Waals surface area contributed by atoms with Gasteiger partial charge in [0.25, 0.3) is 0 Å². The second kappa shape index (κ2) is 6.10. The molecule has 1 aromatic carbocycles. The Morgan fingerprint density at radius 2 is 2.00 bits per heavy atom.